The molecule has 0 aliphatic carbocycles. The number of piperidine rings is 1. The van der Waals surface area contributed by atoms with Crippen LogP contribution >= 0.6 is 0 Å². The molecule has 1 aromatic heterocycles. The highest BCUT2D eigenvalue weighted by atomic mass is 16.5. The summed E-state index contributed by atoms with van der Waals surface area (Å²) < 4.78 is 5.74. The first-order valence-electron chi connectivity index (χ1n) is 7.01. The standard InChI is InChI=1S/C14H22N4O/c1-10-7-17-12(8-16-10)18-5-3-14(4-6-18)9-19-11(2)13(14)15/h7-8,11,13H,3-6,9,15H2,1-2H3/t11-,13+/m0/s1. The molecule has 104 valence electrons. The van der Waals surface area contributed by atoms with Gasteiger partial charge in [0, 0.05) is 24.5 Å². The number of nitrogens with two attached hydrogens (primary N) is 1. The lowest BCUT2D eigenvalue weighted by molar-refractivity contribution is 0.0974. The minimum atomic E-state index is 0.166. The van der Waals surface area contributed by atoms with E-state index in [0.717, 1.165) is 44.0 Å². The number of aromatic nitrogens is 2. The van der Waals surface area contributed by atoms with Crippen LogP contribution in [0.3, 0.4) is 0 Å². The number of rotatable bonds is 1. The predicted molar refractivity (Wildman–Crippen MR) is 74.0 cm³/mol. The molecule has 2 fully saturated rings. The summed E-state index contributed by atoms with van der Waals surface area (Å²) in [5.41, 5.74) is 7.45. The van der Waals surface area contributed by atoms with Crippen LogP contribution in [0.2, 0.25) is 0 Å². The molecular formula is C14H22N4O. The van der Waals surface area contributed by atoms with E-state index in [9.17, 15) is 0 Å². The summed E-state index contributed by atoms with van der Waals surface area (Å²) in [7, 11) is 0. The molecule has 0 aromatic carbocycles. The van der Waals surface area contributed by atoms with Gasteiger partial charge in [-0.25, -0.2) is 4.98 Å². The molecule has 2 aliphatic heterocycles. The summed E-state index contributed by atoms with van der Waals surface area (Å²) in [5, 5.41) is 0. The van der Waals surface area contributed by atoms with E-state index in [4.69, 9.17) is 10.5 Å². The SMILES string of the molecule is Cc1cnc(N2CCC3(CC2)CO[C@@H](C)[C@H]3N)cn1. The summed E-state index contributed by atoms with van der Waals surface area (Å²) in [6.07, 6.45) is 6.03. The Morgan fingerprint density at radius 1 is 1.32 bits per heavy atom. The molecule has 3 rings (SSSR count). The van der Waals surface area contributed by atoms with Crippen LogP contribution in [0.5, 0.6) is 0 Å². The zero-order chi connectivity index (χ0) is 13.5. The van der Waals surface area contributed by atoms with Gasteiger partial charge in [0.2, 0.25) is 0 Å². The minimum absolute atomic E-state index is 0.166. The van der Waals surface area contributed by atoms with Crippen molar-refractivity contribution in [1.29, 1.82) is 0 Å². The van der Waals surface area contributed by atoms with Gasteiger partial charge in [0.25, 0.3) is 0 Å². The lowest BCUT2D eigenvalue weighted by atomic mass is 9.73. The molecule has 19 heavy (non-hydrogen) atoms. The van der Waals surface area contributed by atoms with E-state index in [-0.39, 0.29) is 17.6 Å². The molecule has 3 heterocycles. The van der Waals surface area contributed by atoms with Gasteiger partial charge in [-0.3, -0.25) is 4.98 Å². The van der Waals surface area contributed by atoms with E-state index in [1.165, 1.54) is 0 Å². The van der Waals surface area contributed by atoms with Crippen LogP contribution in [-0.2, 0) is 4.74 Å². The van der Waals surface area contributed by atoms with E-state index in [1.807, 2.05) is 19.3 Å². The highest BCUT2D eigenvalue weighted by Crippen LogP contribution is 2.41. The monoisotopic (exact) mass is 262 g/mol. The second kappa shape index (κ2) is 4.72. The van der Waals surface area contributed by atoms with Gasteiger partial charge in [-0.15, -0.1) is 0 Å². The molecule has 2 saturated heterocycles. The van der Waals surface area contributed by atoms with Crippen molar-refractivity contribution in [3.05, 3.63) is 18.1 Å². The van der Waals surface area contributed by atoms with Crippen LogP contribution in [0.4, 0.5) is 5.82 Å². The van der Waals surface area contributed by atoms with Crippen molar-refractivity contribution in [3.63, 3.8) is 0 Å². The Hall–Kier alpha value is -1.20. The Kier molecular flexibility index (Phi) is 3.19. The summed E-state index contributed by atoms with van der Waals surface area (Å²) in [6, 6.07) is 0.166. The highest BCUT2D eigenvalue weighted by molar-refractivity contribution is 5.36. The fourth-order valence-corrected chi connectivity index (χ4v) is 3.20. The van der Waals surface area contributed by atoms with E-state index >= 15 is 0 Å². The zero-order valence-electron chi connectivity index (χ0n) is 11.7. The smallest absolute Gasteiger partial charge is 0.147 e. The van der Waals surface area contributed by atoms with Gasteiger partial charge in [0.1, 0.15) is 5.82 Å². The van der Waals surface area contributed by atoms with Crippen molar-refractivity contribution in [1.82, 2.24) is 9.97 Å². The van der Waals surface area contributed by atoms with Crippen molar-refractivity contribution in [3.8, 4) is 0 Å². The maximum Gasteiger partial charge on any atom is 0.147 e. The average Bonchev–Trinajstić information content (AvgIpc) is 2.70. The van der Waals surface area contributed by atoms with Gasteiger partial charge < -0.3 is 15.4 Å². The first-order chi connectivity index (χ1) is 9.11. The van der Waals surface area contributed by atoms with Crippen molar-refractivity contribution < 1.29 is 4.74 Å². The minimum Gasteiger partial charge on any atom is -0.376 e. The summed E-state index contributed by atoms with van der Waals surface area (Å²) in [4.78, 5) is 11.1. The van der Waals surface area contributed by atoms with Crippen molar-refractivity contribution in [2.24, 2.45) is 11.1 Å². The van der Waals surface area contributed by atoms with Gasteiger partial charge in [-0.1, -0.05) is 0 Å². The number of anilines is 1. The number of aryl methyl sites for hydroxylation is 1. The molecule has 5 heteroatoms. The Bertz CT molecular complexity index is 439. The van der Waals surface area contributed by atoms with Crippen LogP contribution < -0.4 is 10.6 Å². The molecule has 0 bridgehead atoms. The normalized spacial score (nSPS) is 29.9. The number of nitrogens with zero attached hydrogens (tertiary/aromatic N) is 3. The van der Waals surface area contributed by atoms with Crippen LogP contribution in [0.25, 0.3) is 0 Å². The Balaban J connectivity index is 1.68. The lowest BCUT2D eigenvalue weighted by Crippen LogP contribution is -2.50. The van der Waals surface area contributed by atoms with Gasteiger partial charge in [0.05, 0.1) is 30.8 Å². The molecule has 0 amide bonds. The second-order valence-electron chi connectivity index (χ2n) is 5.91. The van der Waals surface area contributed by atoms with Gasteiger partial charge in [0.15, 0.2) is 0 Å². The van der Waals surface area contributed by atoms with Crippen LogP contribution in [0.15, 0.2) is 12.4 Å². The molecule has 2 N–H and O–H groups in total. The second-order valence-corrected chi connectivity index (χ2v) is 5.91. The largest absolute Gasteiger partial charge is 0.376 e. The van der Waals surface area contributed by atoms with Crippen molar-refractivity contribution >= 4 is 5.82 Å². The molecule has 1 spiro atoms. The highest BCUT2D eigenvalue weighted by Gasteiger charge is 2.47. The molecule has 0 saturated carbocycles. The molecule has 0 radical (unpaired) electrons. The zero-order valence-corrected chi connectivity index (χ0v) is 11.7. The lowest BCUT2D eigenvalue weighted by Gasteiger charge is -2.41. The topological polar surface area (TPSA) is 64.3 Å². The van der Waals surface area contributed by atoms with Gasteiger partial charge in [-0.05, 0) is 26.7 Å². The first-order valence-corrected chi connectivity index (χ1v) is 7.01. The average molecular weight is 262 g/mol. The number of hydrogen-bond donors (Lipinski definition) is 1. The molecule has 2 aliphatic rings. The Morgan fingerprint density at radius 3 is 2.58 bits per heavy atom. The third kappa shape index (κ3) is 2.21. The number of hydrogen-bond acceptors (Lipinski definition) is 5. The van der Waals surface area contributed by atoms with Crippen LogP contribution in [-0.4, -0.2) is 41.8 Å². The Labute approximate surface area is 114 Å². The van der Waals surface area contributed by atoms with Crippen LogP contribution in [0, 0.1) is 12.3 Å². The Morgan fingerprint density at radius 2 is 2.05 bits per heavy atom. The molecule has 0 unspecified atom stereocenters. The molecule has 1 aromatic rings. The first kappa shape index (κ1) is 12.8. The fourth-order valence-electron chi connectivity index (χ4n) is 3.20. The van der Waals surface area contributed by atoms with E-state index in [0.29, 0.717) is 0 Å². The van der Waals surface area contributed by atoms with E-state index < -0.39 is 0 Å². The summed E-state index contributed by atoms with van der Waals surface area (Å²) in [6.45, 7) is 6.82. The quantitative estimate of drug-likeness (QED) is 0.821. The van der Waals surface area contributed by atoms with Crippen LogP contribution in [0.1, 0.15) is 25.5 Å². The van der Waals surface area contributed by atoms with E-state index in [2.05, 4.69) is 21.8 Å². The van der Waals surface area contributed by atoms with Gasteiger partial charge >= 0.3 is 0 Å². The molecule has 5 nitrogen and oxygen atoms in total. The third-order valence-corrected chi connectivity index (χ3v) is 4.70. The fraction of sp³-hybridized carbons (Fsp3) is 0.714. The summed E-state index contributed by atoms with van der Waals surface area (Å²) >= 11 is 0. The van der Waals surface area contributed by atoms with Crippen molar-refractivity contribution in [2.75, 3.05) is 24.6 Å². The van der Waals surface area contributed by atoms with Crippen molar-refractivity contribution in [2.45, 2.75) is 38.8 Å². The third-order valence-electron chi connectivity index (χ3n) is 4.70. The predicted octanol–water partition coefficient (Wildman–Crippen LogP) is 1.12. The van der Waals surface area contributed by atoms with E-state index in [1.54, 1.807) is 0 Å². The maximum absolute atomic E-state index is 6.32. The molecular weight excluding hydrogens is 240 g/mol. The number of ether oxygens (including phenoxy) is 1. The maximum atomic E-state index is 6.32. The molecule has 2 atom stereocenters. The van der Waals surface area contributed by atoms with Gasteiger partial charge in [-0.2, -0.15) is 0 Å². The summed E-state index contributed by atoms with van der Waals surface area (Å²) in [5.74, 6) is 0.973.